The summed E-state index contributed by atoms with van der Waals surface area (Å²) >= 11 is 6.21. The van der Waals surface area contributed by atoms with Gasteiger partial charge >= 0.3 is 0 Å². The smallest absolute Gasteiger partial charge is 0.242 e. The third-order valence-electron chi connectivity index (χ3n) is 6.04. The zero-order valence-electron chi connectivity index (χ0n) is 16.0. The van der Waals surface area contributed by atoms with Crippen molar-refractivity contribution >= 4 is 23.2 Å². The third-order valence-corrected chi connectivity index (χ3v) is 6.34. The van der Waals surface area contributed by atoms with Gasteiger partial charge in [-0.3, -0.25) is 4.79 Å². The first kappa shape index (κ1) is 19.2. The van der Waals surface area contributed by atoms with Gasteiger partial charge in [0.2, 0.25) is 5.91 Å². The number of benzene rings is 1. The van der Waals surface area contributed by atoms with Crippen molar-refractivity contribution in [3.8, 4) is 11.5 Å². The number of ether oxygens (including phenoxy) is 2. The lowest BCUT2D eigenvalue weighted by Gasteiger charge is -2.29. The van der Waals surface area contributed by atoms with Gasteiger partial charge in [-0.25, -0.2) is 0 Å². The van der Waals surface area contributed by atoms with E-state index in [9.17, 15) is 4.79 Å². The summed E-state index contributed by atoms with van der Waals surface area (Å²) in [5, 5.41) is 6.88. The SMILES string of the molecule is COc1cc(OC)c(N[C@H](C)C(=O)N[C@@H](C)[C@H]2C[C@H]3CC[C@H]2C3)cc1Cl. The normalized spacial score (nSPS) is 26.3. The van der Waals surface area contributed by atoms with E-state index in [0.29, 0.717) is 28.1 Å². The molecule has 1 aromatic rings. The van der Waals surface area contributed by atoms with Crippen LogP contribution in [0, 0.1) is 17.8 Å². The van der Waals surface area contributed by atoms with Gasteiger partial charge in [0.25, 0.3) is 0 Å². The van der Waals surface area contributed by atoms with Crippen molar-refractivity contribution in [3.05, 3.63) is 17.2 Å². The summed E-state index contributed by atoms with van der Waals surface area (Å²) in [7, 11) is 3.14. The molecule has 0 heterocycles. The molecule has 2 bridgehead atoms. The molecule has 26 heavy (non-hydrogen) atoms. The molecule has 6 heteroatoms. The van der Waals surface area contributed by atoms with Gasteiger partial charge in [0, 0.05) is 12.1 Å². The zero-order chi connectivity index (χ0) is 18.8. The maximum atomic E-state index is 12.7. The minimum atomic E-state index is -0.394. The van der Waals surface area contributed by atoms with E-state index in [1.54, 1.807) is 26.4 Å². The minimum absolute atomic E-state index is 0.00531. The van der Waals surface area contributed by atoms with E-state index >= 15 is 0 Å². The molecule has 2 fully saturated rings. The Kier molecular flexibility index (Phi) is 5.86. The Bertz CT molecular complexity index is 667. The first-order chi connectivity index (χ1) is 12.4. The number of hydrogen-bond donors (Lipinski definition) is 2. The molecular formula is C20H29ClN2O3. The quantitative estimate of drug-likeness (QED) is 0.747. The van der Waals surface area contributed by atoms with Crippen LogP contribution in [0.4, 0.5) is 5.69 Å². The van der Waals surface area contributed by atoms with Gasteiger partial charge in [0.1, 0.15) is 17.5 Å². The van der Waals surface area contributed by atoms with Crippen molar-refractivity contribution in [2.24, 2.45) is 17.8 Å². The average Bonchev–Trinajstić information content (AvgIpc) is 3.25. The largest absolute Gasteiger partial charge is 0.495 e. The highest BCUT2D eigenvalue weighted by molar-refractivity contribution is 6.32. The van der Waals surface area contributed by atoms with Crippen molar-refractivity contribution in [1.82, 2.24) is 5.32 Å². The molecule has 5 nitrogen and oxygen atoms in total. The number of amides is 1. The lowest BCUT2D eigenvalue weighted by Crippen LogP contribution is -2.46. The summed E-state index contributed by atoms with van der Waals surface area (Å²) in [5.41, 5.74) is 0.675. The highest BCUT2D eigenvalue weighted by atomic mass is 35.5. The fourth-order valence-corrected chi connectivity index (χ4v) is 4.88. The van der Waals surface area contributed by atoms with Crippen LogP contribution in [-0.2, 0) is 4.79 Å². The number of anilines is 1. The van der Waals surface area contributed by atoms with Crippen LogP contribution in [0.3, 0.4) is 0 Å². The number of fused-ring (bicyclic) bond motifs is 2. The molecule has 5 atom stereocenters. The number of methoxy groups -OCH3 is 2. The lowest BCUT2D eigenvalue weighted by molar-refractivity contribution is -0.122. The third kappa shape index (κ3) is 3.88. The van der Waals surface area contributed by atoms with E-state index in [2.05, 4.69) is 17.6 Å². The molecule has 2 N–H and O–H groups in total. The molecule has 1 amide bonds. The maximum Gasteiger partial charge on any atom is 0.242 e. The molecule has 2 saturated carbocycles. The summed E-state index contributed by atoms with van der Waals surface area (Å²) in [6, 6.07) is 3.26. The van der Waals surface area contributed by atoms with Crippen LogP contribution in [0.1, 0.15) is 39.5 Å². The van der Waals surface area contributed by atoms with Crippen LogP contribution in [0.2, 0.25) is 5.02 Å². The van der Waals surface area contributed by atoms with E-state index < -0.39 is 6.04 Å². The monoisotopic (exact) mass is 380 g/mol. The molecule has 0 saturated heterocycles. The average molecular weight is 381 g/mol. The Hall–Kier alpha value is -1.62. The summed E-state index contributed by atoms with van der Waals surface area (Å²) in [6.07, 6.45) is 5.30. The van der Waals surface area contributed by atoms with Gasteiger partial charge in [-0.05, 0) is 56.9 Å². The van der Waals surface area contributed by atoms with Crippen molar-refractivity contribution in [1.29, 1.82) is 0 Å². The van der Waals surface area contributed by atoms with Gasteiger partial charge in [0.15, 0.2) is 0 Å². The molecule has 2 aliphatic rings. The summed E-state index contributed by atoms with van der Waals surface area (Å²) in [6.45, 7) is 3.99. The fraction of sp³-hybridized carbons (Fsp3) is 0.650. The number of rotatable bonds is 7. The predicted octanol–water partition coefficient (Wildman–Crippen LogP) is 4.10. The standard InChI is InChI=1S/C20H29ClN2O3/c1-11(15-8-13-5-6-14(15)7-13)23-20(24)12(2)22-17-9-16(21)18(25-3)10-19(17)26-4/h9-15,22H,5-8H2,1-4H3,(H,23,24)/t11-,12+,13-,14-,15+/m0/s1. The number of carbonyl (C=O) groups excluding carboxylic acids is 1. The molecule has 0 unspecified atom stereocenters. The fourth-order valence-electron chi connectivity index (χ4n) is 4.63. The van der Waals surface area contributed by atoms with Gasteiger partial charge < -0.3 is 20.1 Å². The van der Waals surface area contributed by atoms with Crippen molar-refractivity contribution in [3.63, 3.8) is 0 Å². The number of carbonyl (C=O) groups is 1. The van der Waals surface area contributed by atoms with Crippen molar-refractivity contribution in [2.75, 3.05) is 19.5 Å². The molecule has 144 valence electrons. The predicted molar refractivity (Wildman–Crippen MR) is 104 cm³/mol. The molecule has 0 aromatic heterocycles. The van der Waals surface area contributed by atoms with Crippen LogP contribution in [0.15, 0.2) is 12.1 Å². The van der Waals surface area contributed by atoms with Gasteiger partial charge in [-0.15, -0.1) is 0 Å². The Morgan fingerprint density at radius 2 is 1.88 bits per heavy atom. The molecule has 0 spiro atoms. The number of hydrogen-bond acceptors (Lipinski definition) is 4. The van der Waals surface area contributed by atoms with E-state index in [1.807, 2.05) is 6.92 Å². The molecule has 1 aromatic carbocycles. The van der Waals surface area contributed by atoms with E-state index in [4.69, 9.17) is 21.1 Å². The summed E-state index contributed by atoms with van der Waals surface area (Å²) < 4.78 is 10.6. The molecule has 0 radical (unpaired) electrons. The van der Waals surface area contributed by atoms with Crippen LogP contribution < -0.4 is 20.1 Å². The second-order valence-electron chi connectivity index (χ2n) is 7.69. The van der Waals surface area contributed by atoms with Crippen molar-refractivity contribution < 1.29 is 14.3 Å². The van der Waals surface area contributed by atoms with Crippen LogP contribution in [0.25, 0.3) is 0 Å². The highest BCUT2D eigenvalue weighted by Crippen LogP contribution is 2.49. The molecule has 2 aliphatic carbocycles. The van der Waals surface area contributed by atoms with Crippen molar-refractivity contribution in [2.45, 2.75) is 51.6 Å². The first-order valence-corrected chi connectivity index (χ1v) is 9.79. The Morgan fingerprint density at radius 1 is 1.15 bits per heavy atom. The van der Waals surface area contributed by atoms with Crippen LogP contribution in [0.5, 0.6) is 11.5 Å². The first-order valence-electron chi connectivity index (χ1n) is 9.41. The Labute approximate surface area is 160 Å². The zero-order valence-corrected chi connectivity index (χ0v) is 16.7. The summed E-state index contributed by atoms with van der Waals surface area (Å²) in [5.74, 6) is 3.41. The van der Waals surface area contributed by atoms with Gasteiger partial charge in [-0.1, -0.05) is 18.0 Å². The Morgan fingerprint density at radius 3 is 2.46 bits per heavy atom. The minimum Gasteiger partial charge on any atom is -0.495 e. The molecule has 0 aliphatic heterocycles. The van der Waals surface area contributed by atoms with Gasteiger partial charge in [0.05, 0.1) is 24.9 Å². The van der Waals surface area contributed by atoms with Gasteiger partial charge in [-0.2, -0.15) is 0 Å². The molecule has 3 rings (SSSR count). The second-order valence-corrected chi connectivity index (χ2v) is 8.10. The van der Waals surface area contributed by atoms with E-state index in [1.165, 1.54) is 25.7 Å². The molecular weight excluding hydrogens is 352 g/mol. The van der Waals surface area contributed by atoms with Crippen LogP contribution in [-0.4, -0.2) is 32.2 Å². The topological polar surface area (TPSA) is 59.6 Å². The van der Waals surface area contributed by atoms with E-state index in [-0.39, 0.29) is 11.9 Å². The number of nitrogens with one attached hydrogen (secondary N) is 2. The van der Waals surface area contributed by atoms with Crippen LogP contribution >= 0.6 is 11.6 Å². The highest BCUT2D eigenvalue weighted by Gasteiger charge is 2.42. The Balaban J connectivity index is 1.61. The second kappa shape index (κ2) is 7.95. The maximum absolute atomic E-state index is 12.7. The van der Waals surface area contributed by atoms with E-state index in [0.717, 1.165) is 11.8 Å². The lowest BCUT2D eigenvalue weighted by atomic mass is 9.84. The number of halogens is 1. The summed E-state index contributed by atoms with van der Waals surface area (Å²) in [4.78, 5) is 12.7.